The van der Waals surface area contributed by atoms with Gasteiger partial charge in [-0.3, -0.25) is 4.79 Å². The summed E-state index contributed by atoms with van der Waals surface area (Å²) in [7, 11) is 0. The van der Waals surface area contributed by atoms with Crippen molar-refractivity contribution in [3.05, 3.63) is 60.7 Å². The summed E-state index contributed by atoms with van der Waals surface area (Å²) in [5, 5.41) is 3.16. The Morgan fingerprint density at radius 2 is 1.75 bits per heavy atom. The fourth-order valence-electron chi connectivity index (χ4n) is 1.45. The normalized spacial score (nSPS) is 10.4. The zero-order valence-corrected chi connectivity index (χ0v) is 14.4. The van der Waals surface area contributed by atoms with Crippen molar-refractivity contribution >= 4 is 66.7 Å². The number of carbonyl (C=O) groups excluding carboxylic acids is 1. The summed E-state index contributed by atoms with van der Waals surface area (Å²) in [6.45, 7) is 0. The van der Waals surface area contributed by atoms with E-state index in [-0.39, 0.29) is 9.50 Å². The average molecular weight is 442 g/mol. The Hall–Kier alpha value is -0.620. The average Bonchev–Trinajstić information content (AvgIpc) is 2.42. The molecule has 0 aliphatic carbocycles. The number of anilines is 1. The number of amides is 1. The number of rotatable bonds is 2. The summed E-state index contributed by atoms with van der Waals surface area (Å²) in [6.07, 6.45) is 0. The van der Waals surface area contributed by atoms with Gasteiger partial charge in [-0.1, -0.05) is 23.2 Å². The Morgan fingerprint density at radius 1 is 1.05 bits per heavy atom. The van der Waals surface area contributed by atoms with Gasteiger partial charge in [0.05, 0.1) is 20.2 Å². The molecule has 2 aromatic rings. The summed E-state index contributed by atoms with van der Waals surface area (Å²) in [6, 6.07) is 7.26. The smallest absolute Gasteiger partial charge is 0.255 e. The van der Waals surface area contributed by atoms with Crippen LogP contribution in [-0.2, 0) is 0 Å². The van der Waals surface area contributed by atoms with E-state index in [4.69, 9.17) is 23.2 Å². The van der Waals surface area contributed by atoms with Gasteiger partial charge < -0.3 is 5.32 Å². The summed E-state index contributed by atoms with van der Waals surface area (Å²) >= 11 is 18.3. The van der Waals surface area contributed by atoms with Crippen molar-refractivity contribution in [1.29, 1.82) is 0 Å². The van der Waals surface area contributed by atoms with Crippen molar-refractivity contribution in [3.8, 4) is 0 Å². The number of halogens is 5. The highest BCUT2D eigenvalue weighted by Gasteiger charge is 2.13. The van der Waals surface area contributed by atoms with Crippen LogP contribution in [0.4, 0.5) is 10.1 Å². The van der Waals surface area contributed by atoms with E-state index in [1.54, 1.807) is 12.1 Å². The number of benzene rings is 2. The third-order valence-electron chi connectivity index (χ3n) is 2.47. The first-order chi connectivity index (χ1) is 9.40. The lowest BCUT2D eigenvalue weighted by Gasteiger charge is -2.09. The second-order valence-electron chi connectivity index (χ2n) is 3.81. The summed E-state index contributed by atoms with van der Waals surface area (Å²) < 4.78 is 14.0. The molecule has 0 atom stereocenters. The topological polar surface area (TPSA) is 29.1 Å². The molecule has 0 fully saturated rings. The van der Waals surface area contributed by atoms with E-state index in [9.17, 15) is 9.18 Å². The van der Waals surface area contributed by atoms with Crippen molar-refractivity contribution in [3.63, 3.8) is 0 Å². The molecule has 0 radical (unpaired) electrons. The highest BCUT2D eigenvalue weighted by atomic mass is 79.9. The molecule has 20 heavy (non-hydrogen) atoms. The molecule has 2 rings (SSSR count). The van der Waals surface area contributed by atoms with Crippen LogP contribution in [0.25, 0.3) is 0 Å². The Balaban J connectivity index is 2.28. The summed E-state index contributed by atoms with van der Waals surface area (Å²) in [4.78, 5) is 12.1. The second kappa shape index (κ2) is 6.43. The SMILES string of the molecule is O=C(Nc1ccc(Br)c(Cl)c1Cl)c1ccc(F)c(Br)c1. The van der Waals surface area contributed by atoms with E-state index in [1.165, 1.54) is 18.2 Å². The largest absolute Gasteiger partial charge is 0.321 e. The van der Waals surface area contributed by atoms with Crippen molar-refractivity contribution in [2.45, 2.75) is 0 Å². The second-order valence-corrected chi connectivity index (χ2v) is 6.27. The van der Waals surface area contributed by atoms with Crippen LogP contribution in [-0.4, -0.2) is 5.91 Å². The molecular formula is C13H6Br2Cl2FNO. The van der Waals surface area contributed by atoms with Gasteiger partial charge in [-0.2, -0.15) is 0 Å². The van der Waals surface area contributed by atoms with Crippen molar-refractivity contribution in [1.82, 2.24) is 0 Å². The van der Waals surface area contributed by atoms with Crippen LogP contribution in [0.3, 0.4) is 0 Å². The van der Waals surface area contributed by atoms with Gasteiger partial charge in [0, 0.05) is 10.0 Å². The summed E-state index contributed by atoms with van der Waals surface area (Å²) in [5.74, 6) is -0.850. The zero-order chi connectivity index (χ0) is 14.9. The maximum atomic E-state index is 13.1. The van der Waals surface area contributed by atoms with Gasteiger partial charge in [-0.25, -0.2) is 4.39 Å². The molecule has 0 bridgehead atoms. The van der Waals surface area contributed by atoms with Crippen LogP contribution >= 0.6 is 55.1 Å². The molecule has 104 valence electrons. The first-order valence-corrected chi connectivity index (χ1v) is 7.64. The molecule has 2 nitrogen and oxygen atoms in total. The molecule has 0 aromatic heterocycles. The molecule has 0 spiro atoms. The lowest BCUT2D eigenvalue weighted by molar-refractivity contribution is 0.102. The Kier molecular flexibility index (Phi) is 5.07. The van der Waals surface area contributed by atoms with Crippen molar-refractivity contribution in [2.24, 2.45) is 0 Å². The Labute approximate surface area is 141 Å². The van der Waals surface area contributed by atoms with Crippen molar-refractivity contribution < 1.29 is 9.18 Å². The van der Waals surface area contributed by atoms with Crippen LogP contribution < -0.4 is 5.32 Å². The maximum Gasteiger partial charge on any atom is 0.255 e. The van der Waals surface area contributed by atoms with E-state index in [0.717, 1.165) is 0 Å². The molecule has 0 aliphatic heterocycles. The molecule has 2 aromatic carbocycles. The van der Waals surface area contributed by atoms with Crippen LogP contribution in [0.1, 0.15) is 10.4 Å². The van der Waals surface area contributed by atoms with E-state index < -0.39 is 11.7 Å². The van der Waals surface area contributed by atoms with Gasteiger partial charge in [-0.05, 0) is 62.2 Å². The molecule has 0 saturated heterocycles. The predicted molar refractivity (Wildman–Crippen MR) is 86.2 cm³/mol. The minimum absolute atomic E-state index is 0.213. The lowest BCUT2D eigenvalue weighted by Crippen LogP contribution is -2.12. The molecular weight excluding hydrogens is 436 g/mol. The monoisotopic (exact) mass is 439 g/mol. The number of hydrogen-bond donors (Lipinski definition) is 1. The van der Waals surface area contributed by atoms with Gasteiger partial charge in [0.1, 0.15) is 5.82 Å². The molecule has 0 saturated carbocycles. The van der Waals surface area contributed by atoms with Gasteiger partial charge in [0.2, 0.25) is 0 Å². The van der Waals surface area contributed by atoms with Crippen molar-refractivity contribution in [2.75, 3.05) is 5.32 Å². The van der Waals surface area contributed by atoms with Crippen LogP contribution in [0.15, 0.2) is 39.3 Å². The van der Waals surface area contributed by atoms with E-state index >= 15 is 0 Å². The first kappa shape index (κ1) is 15.8. The number of nitrogens with one attached hydrogen (secondary N) is 1. The van der Waals surface area contributed by atoms with Gasteiger partial charge in [0.25, 0.3) is 5.91 Å². The minimum Gasteiger partial charge on any atom is -0.321 e. The highest BCUT2D eigenvalue weighted by Crippen LogP contribution is 2.36. The maximum absolute atomic E-state index is 13.1. The molecule has 7 heteroatoms. The van der Waals surface area contributed by atoms with E-state index in [2.05, 4.69) is 37.2 Å². The molecule has 1 N–H and O–H groups in total. The van der Waals surface area contributed by atoms with Crippen LogP contribution in [0.2, 0.25) is 10.0 Å². The lowest BCUT2D eigenvalue weighted by atomic mass is 10.2. The van der Waals surface area contributed by atoms with Crippen LogP contribution in [0, 0.1) is 5.82 Å². The van der Waals surface area contributed by atoms with Crippen LogP contribution in [0.5, 0.6) is 0 Å². The zero-order valence-electron chi connectivity index (χ0n) is 9.68. The molecule has 1 amide bonds. The first-order valence-electron chi connectivity index (χ1n) is 5.30. The fourth-order valence-corrected chi connectivity index (χ4v) is 2.65. The highest BCUT2D eigenvalue weighted by molar-refractivity contribution is 9.10. The Morgan fingerprint density at radius 3 is 2.40 bits per heavy atom. The standard InChI is InChI=1S/C13H6Br2Cl2FNO/c14-7-2-4-10(12(17)11(7)16)19-13(20)6-1-3-9(18)8(15)5-6/h1-5H,(H,19,20). The fraction of sp³-hybridized carbons (Fsp3) is 0. The molecule has 0 heterocycles. The Bertz CT molecular complexity index is 694. The molecule has 0 unspecified atom stereocenters. The predicted octanol–water partition coefficient (Wildman–Crippen LogP) is 5.91. The third kappa shape index (κ3) is 3.34. The van der Waals surface area contributed by atoms with Gasteiger partial charge >= 0.3 is 0 Å². The van der Waals surface area contributed by atoms with E-state index in [1.807, 2.05) is 0 Å². The minimum atomic E-state index is -0.439. The third-order valence-corrected chi connectivity index (χ3v) is 4.84. The van der Waals surface area contributed by atoms with Gasteiger partial charge in [-0.15, -0.1) is 0 Å². The summed E-state index contributed by atoms with van der Waals surface area (Å²) in [5.41, 5.74) is 0.679. The number of hydrogen-bond acceptors (Lipinski definition) is 1. The molecule has 0 aliphatic rings. The van der Waals surface area contributed by atoms with Gasteiger partial charge in [0.15, 0.2) is 0 Å². The quantitative estimate of drug-likeness (QED) is 0.577. The number of carbonyl (C=O) groups is 1. The van der Waals surface area contributed by atoms with E-state index in [0.29, 0.717) is 20.7 Å².